The molecule has 0 aliphatic carbocycles. The lowest BCUT2D eigenvalue weighted by atomic mass is 10.0. The van der Waals surface area contributed by atoms with Gasteiger partial charge in [-0.2, -0.15) is 0 Å². The topological polar surface area (TPSA) is 56.5 Å². The van der Waals surface area contributed by atoms with Crippen LogP contribution in [0.3, 0.4) is 0 Å². The Morgan fingerprint density at radius 2 is 2.05 bits per heavy atom. The van der Waals surface area contributed by atoms with Gasteiger partial charge in [-0.25, -0.2) is 0 Å². The zero-order valence-corrected chi connectivity index (χ0v) is 11.1. The second-order valence-electron chi connectivity index (χ2n) is 4.39. The van der Waals surface area contributed by atoms with E-state index in [0.29, 0.717) is 41.6 Å². The first-order valence-corrected chi connectivity index (χ1v) is 6.21. The van der Waals surface area contributed by atoms with E-state index in [0.717, 1.165) is 0 Å². The van der Waals surface area contributed by atoms with E-state index in [1.807, 2.05) is 12.1 Å². The number of hydrogen-bond acceptors (Lipinski definition) is 4. The average Bonchev–Trinajstić information content (AvgIpc) is 2.42. The number of carbonyl (C=O) groups is 1. The number of hydrogen-bond donors (Lipinski definition) is 0. The second kappa shape index (κ2) is 5.69. The highest BCUT2D eigenvalue weighted by atomic mass is 16.5. The molecule has 0 N–H and O–H groups in total. The Morgan fingerprint density at radius 3 is 2.79 bits per heavy atom. The summed E-state index contributed by atoms with van der Waals surface area (Å²) < 4.78 is 10.2. The molecule has 0 radical (unpaired) electrons. The quantitative estimate of drug-likeness (QED) is 0.793. The van der Waals surface area contributed by atoms with Crippen molar-refractivity contribution in [3.8, 4) is 0 Å². The highest BCUT2D eigenvalue weighted by molar-refractivity contribution is 5.77. The van der Waals surface area contributed by atoms with Crippen LogP contribution in [0.5, 0.6) is 0 Å². The number of rotatable bonds is 4. The van der Waals surface area contributed by atoms with E-state index < -0.39 is 0 Å². The normalized spacial score (nSPS) is 10.6. The van der Waals surface area contributed by atoms with Gasteiger partial charge in [0.1, 0.15) is 11.3 Å². The predicted octanol–water partition coefficient (Wildman–Crippen LogP) is 2.60. The summed E-state index contributed by atoms with van der Waals surface area (Å²) >= 11 is 0. The van der Waals surface area contributed by atoms with Gasteiger partial charge in [-0.05, 0) is 31.9 Å². The number of benzene rings is 1. The van der Waals surface area contributed by atoms with Gasteiger partial charge < -0.3 is 9.15 Å². The maximum atomic E-state index is 12.3. The van der Waals surface area contributed by atoms with Crippen molar-refractivity contribution < 1.29 is 13.9 Å². The van der Waals surface area contributed by atoms with E-state index in [1.165, 1.54) is 7.11 Å². The molecule has 0 saturated carbocycles. The van der Waals surface area contributed by atoms with Gasteiger partial charge in [0.25, 0.3) is 0 Å². The minimum absolute atomic E-state index is 0.00999. The Bertz CT molecular complexity index is 655. The molecule has 0 fully saturated rings. The van der Waals surface area contributed by atoms with E-state index in [1.54, 1.807) is 19.1 Å². The second-order valence-corrected chi connectivity index (χ2v) is 4.39. The molecule has 0 bridgehead atoms. The van der Waals surface area contributed by atoms with Gasteiger partial charge in [0, 0.05) is 12.0 Å². The molecule has 4 nitrogen and oxygen atoms in total. The van der Waals surface area contributed by atoms with Crippen LogP contribution in [-0.4, -0.2) is 13.1 Å². The van der Waals surface area contributed by atoms with Crippen LogP contribution in [0.4, 0.5) is 0 Å². The third kappa shape index (κ3) is 2.84. The molecule has 0 aliphatic rings. The number of para-hydroxylation sites is 1. The van der Waals surface area contributed by atoms with Gasteiger partial charge >= 0.3 is 5.97 Å². The van der Waals surface area contributed by atoms with Crippen molar-refractivity contribution in [2.45, 2.75) is 26.2 Å². The smallest absolute Gasteiger partial charge is 0.305 e. The third-order valence-corrected chi connectivity index (χ3v) is 3.13. The average molecular weight is 260 g/mol. The van der Waals surface area contributed by atoms with E-state index in [-0.39, 0.29) is 11.4 Å². The molecule has 0 amide bonds. The SMILES string of the molecule is COC(=O)CCCc1c(C)oc2ccccc2c1=O. The van der Waals surface area contributed by atoms with E-state index in [4.69, 9.17) is 4.42 Å². The summed E-state index contributed by atoms with van der Waals surface area (Å²) in [4.78, 5) is 23.4. The molecule has 0 atom stereocenters. The minimum Gasteiger partial charge on any atom is -0.469 e. The van der Waals surface area contributed by atoms with Crippen molar-refractivity contribution in [3.05, 3.63) is 45.8 Å². The molecule has 0 spiro atoms. The summed E-state index contributed by atoms with van der Waals surface area (Å²) in [6.07, 6.45) is 1.41. The fourth-order valence-corrected chi connectivity index (χ4v) is 2.09. The summed E-state index contributed by atoms with van der Waals surface area (Å²) in [7, 11) is 1.36. The highest BCUT2D eigenvalue weighted by Gasteiger charge is 2.11. The van der Waals surface area contributed by atoms with Crippen molar-refractivity contribution in [2.24, 2.45) is 0 Å². The van der Waals surface area contributed by atoms with Crippen LogP contribution in [0.2, 0.25) is 0 Å². The van der Waals surface area contributed by atoms with Crippen molar-refractivity contribution in [3.63, 3.8) is 0 Å². The zero-order chi connectivity index (χ0) is 13.8. The van der Waals surface area contributed by atoms with Gasteiger partial charge in [-0.15, -0.1) is 0 Å². The minimum atomic E-state index is -0.261. The number of carbonyl (C=O) groups excluding carboxylic acids is 1. The number of aryl methyl sites for hydroxylation is 1. The van der Waals surface area contributed by atoms with Crippen LogP contribution >= 0.6 is 0 Å². The van der Waals surface area contributed by atoms with Crippen LogP contribution < -0.4 is 5.43 Å². The Labute approximate surface area is 111 Å². The lowest BCUT2D eigenvalue weighted by Gasteiger charge is -2.06. The molecule has 19 heavy (non-hydrogen) atoms. The van der Waals surface area contributed by atoms with Crippen LogP contribution in [0.25, 0.3) is 11.0 Å². The molecule has 0 saturated heterocycles. The standard InChI is InChI=1S/C15H16O4/c1-10-11(7-5-9-14(16)18-2)15(17)12-6-3-4-8-13(12)19-10/h3-4,6,8H,5,7,9H2,1-2H3. The maximum Gasteiger partial charge on any atom is 0.305 e. The molecule has 2 aromatic rings. The number of esters is 1. The Kier molecular flexibility index (Phi) is 4.00. The van der Waals surface area contributed by atoms with E-state index in [2.05, 4.69) is 4.74 Å². The lowest BCUT2D eigenvalue weighted by Crippen LogP contribution is -2.12. The molecule has 0 aliphatic heterocycles. The monoisotopic (exact) mass is 260 g/mol. The van der Waals surface area contributed by atoms with Crippen molar-refractivity contribution >= 4 is 16.9 Å². The first kappa shape index (κ1) is 13.3. The van der Waals surface area contributed by atoms with Crippen LogP contribution in [0, 0.1) is 6.92 Å². The summed E-state index contributed by atoms with van der Waals surface area (Å²) in [5.74, 6) is 0.358. The largest absolute Gasteiger partial charge is 0.469 e. The predicted molar refractivity (Wildman–Crippen MR) is 72.2 cm³/mol. The van der Waals surface area contributed by atoms with Gasteiger partial charge in [0.15, 0.2) is 5.43 Å². The number of fused-ring (bicyclic) bond motifs is 1. The van der Waals surface area contributed by atoms with Gasteiger partial charge in [-0.3, -0.25) is 9.59 Å². The van der Waals surface area contributed by atoms with E-state index >= 15 is 0 Å². The molecule has 100 valence electrons. The van der Waals surface area contributed by atoms with Crippen LogP contribution in [0.1, 0.15) is 24.2 Å². The molecular weight excluding hydrogens is 244 g/mol. The van der Waals surface area contributed by atoms with Crippen molar-refractivity contribution in [1.29, 1.82) is 0 Å². The summed E-state index contributed by atoms with van der Waals surface area (Å²) in [5.41, 5.74) is 1.23. The highest BCUT2D eigenvalue weighted by Crippen LogP contribution is 2.16. The van der Waals surface area contributed by atoms with Crippen molar-refractivity contribution in [1.82, 2.24) is 0 Å². The first-order chi connectivity index (χ1) is 9.13. The fourth-order valence-electron chi connectivity index (χ4n) is 2.09. The Morgan fingerprint density at radius 1 is 1.32 bits per heavy atom. The van der Waals surface area contributed by atoms with Crippen LogP contribution in [0.15, 0.2) is 33.5 Å². The van der Waals surface area contributed by atoms with Crippen LogP contribution in [-0.2, 0) is 16.0 Å². The first-order valence-electron chi connectivity index (χ1n) is 6.21. The fraction of sp³-hybridized carbons (Fsp3) is 0.333. The van der Waals surface area contributed by atoms with E-state index in [9.17, 15) is 9.59 Å². The maximum absolute atomic E-state index is 12.3. The molecule has 4 heteroatoms. The molecule has 1 aromatic carbocycles. The number of methoxy groups -OCH3 is 1. The molecule has 1 aromatic heterocycles. The van der Waals surface area contributed by atoms with Gasteiger partial charge in [-0.1, -0.05) is 12.1 Å². The van der Waals surface area contributed by atoms with Gasteiger partial charge in [0.05, 0.1) is 12.5 Å². The number of ether oxygens (including phenoxy) is 1. The Balaban J connectivity index is 2.28. The molecule has 1 heterocycles. The Hall–Kier alpha value is -2.10. The molecule has 2 rings (SSSR count). The summed E-state index contributed by atoms with van der Waals surface area (Å²) in [6, 6.07) is 7.18. The molecule has 0 unspecified atom stereocenters. The summed E-state index contributed by atoms with van der Waals surface area (Å²) in [5, 5.41) is 0.584. The van der Waals surface area contributed by atoms with Gasteiger partial charge in [0.2, 0.25) is 0 Å². The van der Waals surface area contributed by atoms with Crippen molar-refractivity contribution in [2.75, 3.05) is 7.11 Å². The lowest BCUT2D eigenvalue weighted by molar-refractivity contribution is -0.140. The zero-order valence-electron chi connectivity index (χ0n) is 11.1. The third-order valence-electron chi connectivity index (χ3n) is 3.13. The molecular formula is C15H16O4. The summed E-state index contributed by atoms with van der Waals surface area (Å²) in [6.45, 7) is 1.78.